The molecule has 1 aliphatic rings. The molecule has 2 aromatic carbocycles. The van der Waals surface area contributed by atoms with E-state index in [0.717, 1.165) is 12.1 Å². The number of aromatic carboxylic acids is 1. The highest BCUT2D eigenvalue weighted by Crippen LogP contribution is 2.47. The van der Waals surface area contributed by atoms with E-state index < -0.39 is 5.97 Å². The van der Waals surface area contributed by atoms with Gasteiger partial charge in [0.05, 0.1) is 5.56 Å². The van der Waals surface area contributed by atoms with E-state index in [2.05, 4.69) is 29.6 Å². The predicted molar refractivity (Wildman–Crippen MR) is 82.5 cm³/mol. The maximum atomic E-state index is 11.0. The van der Waals surface area contributed by atoms with E-state index in [1.807, 2.05) is 12.1 Å². The van der Waals surface area contributed by atoms with Crippen molar-refractivity contribution in [2.24, 2.45) is 0 Å². The summed E-state index contributed by atoms with van der Waals surface area (Å²) in [6.45, 7) is 1.64. The summed E-state index contributed by atoms with van der Waals surface area (Å²) >= 11 is 0. The van der Waals surface area contributed by atoms with Crippen LogP contribution in [0.15, 0.2) is 54.6 Å². The molecule has 0 aromatic heterocycles. The number of hydrogen-bond acceptors (Lipinski definition) is 2. The molecule has 0 radical (unpaired) electrons. The van der Waals surface area contributed by atoms with Gasteiger partial charge in [-0.05, 0) is 36.1 Å². The Bertz CT molecular complexity index is 633. The molecule has 3 nitrogen and oxygen atoms in total. The molecule has 2 N–H and O–H groups in total. The van der Waals surface area contributed by atoms with E-state index in [1.165, 1.54) is 18.4 Å². The summed E-state index contributed by atoms with van der Waals surface area (Å²) in [7, 11) is 0. The molecule has 0 heterocycles. The second-order valence-corrected chi connectivity index (χ2v) is 5.76. The molecular weight excluding hydrogens is 262 g/mol. The van der Waals surface area contributed by atoms with E-state index in [1.54, 1.807) is 18.2 Å². The molecule has 3 heteroatoms. The fourth-order valence-corrected chi connectivity index (χ4v) is 2.77. The first kappa shape index (κ1) is 13.8. The molecule has 108 valence electrons. The van der Waals surface area contributed by atoms with Gasteiger partial charge in [0.2, 0.25) is 0 Å². The Morgan fingerprint density at radius 3 is 2.52 bits per heavy atom. The van der Waals surface area contributed by atoms with Gasteiger partial charge in [0.25, 0.3) is 0 Å². The second-order valence-electron chi connectivity index (χ2n) is 5.76. The largest absolute Gasteiger partial charge is 0.478 e. The van der Waals surface area contributed by atoms with Gasteiger partial charge in [0, 0.05) is 18.5 Å². The third-order valence-electron chi connectivity index (χ3n) is 4.21. The van der Waals surface area contributed by atoms with Crippen LogP contribution in [0, 0.1) is 0 Å². The SMILES string of the molecule is O=C(O)c1cccc(CNCC2(c3ccccc3)CC2)c1. The Balaban J connectivity index is 1.59. The van der Waals surface area contributed by atoms with Crippen LogP contribution in [0.2, 0.25) is 0 Å². The van der Waals surface area contributed by atoms with Crippen molar-refractivity contribution < 1.29 is 9.90 Å². The molecule has 0 aliphatic heterocycles. The van der Waals surface area contributed by atoms with Crippen LogP contribution in [-0.4, -0.2) is 17.6 Å². The third kappa shape index (κ3) is 3.14. The normalized spacial score (nSPS) is 15.6. The van der Waals surface area contributed by atoms with Crippen LogP contribution in [0.5, 0.6) is 0 Å². The molecule has 0 saturated heterocycles. The predicted octanol–water partition coefficient (Wildman–Crippen LogP) is 3.21. The highest BCUT2D eigenvalue weighted by Gasteiger charge is 2.43. The quantitative estimate of drug-likeness (QED) is 0.855. The lowest BCUT2D eigenvalue weighted by Crippen LogP contribution is -2.26. The van der Waals surface area contributed by atoms with E-state index in [-0.39, 0.29) is 5.41 Å². The number of carbonyl (C=O) groups is 1. The van der Waals surface area contributed by atoms with Gasteiger partial charge in [-0.15, -0.1) is 0 Å². The summed E-state index contributed by atoms with van der Waals surface area (Å²) in [5, 5.41) is 12.5. The van der Waals surface area contributed by atoms with Crippen LogP contribution in [0.3, 0.4) is 0 Å². The number of hydrogen-bond donors (Lipinski definition) is 2. The molecule has 0 unspecified atom stereocenters. The molecule has 2 aromatic rings. The van der Waals surface area contributed by atoms with Crippen LogP contribution >= 0.6 is 0 Å². The number of nitrogens with one attached hydrogen (secondary N) is 1. The molecule has 1 saturated carbocycles. The summed E-state index contributed by atoms with van der Waals surface area (Å²) in [4.78, 5) is 11.0. The van der Waals surface area contributed by atoms with Gasteiger partial charge < -0.3 is 10.4 Å². The average molecular weight is 281 g/mol. The maximum absolute atomic E-state index is 11.0. The highest BCUT2D eigenvalue weighted by atomic mass is 16.4. The maximum Gasteiger partial charge on any atom is 0.335 e. The number of benzene rings is 2. The summed E-state index contributed by atoms with van der Waals surface area (Å²) in [5.41, 5.74) is 3.04. The van der Waals surface area contributed by atoms with Gasteiger partial charge in [0.15, 0.2) is 0 Å². The van der Waals surface area contributed by atoms with Gasteiger partial charge in [0.1, 0.15) is 0 Å². The minimum Gasteiger partial charge on any atom is -0.478 e. The number of carboxylic acid groups (broad SMARTS) is 1. The van der Waals surface area contributed by atoms with Crippen molar-refractivity contribution >= 4 is 5.97 Å². The van der Waals surface area contributed by atoms with Gasteiger partial charge in [-0.25, -0.2) is 4.79 Å². The summed E-state index contributed by atoms with van der Waals surface area (Å²) in [5.74, 6) is -0.875. The van der Waals surface area contributed by atoms with Crippen LogP contribution < -0.4 is 5.32 Å². The van der Waals surface area contributed by atoms with Crippen molar-refractivity contribution in [1.82, 2.24) is 5.32 Å². The monoisotopic (exact) mass is 281 g/mol. The first-order chi connectivity index (χ1) is 10.2. The zero-order chi connectivity index (χ0) is 14.7. The summed E-state index contributed by atoms with van der Waals surface area (Å²) in [6, 6.07) is 17.7. The van der Waals surface area contributed by atoms with Crippen LogP contribution in [-0.2, 0) is 12.0 Å². The fourth-order valence-electron chi connectivity index (χ4n) is 2.77. The Hall–Kier alpha value is -2.13. The van der Waals surface area contributed by atoms with Gasteiger partial charge in [-0.2, -0.15) is 0 Å². The average Bonchev–Trinajstić information content (AvgIpc) is 3.30. The lowest BCUT2D eigenvalue weighted by molar-refractivity contribution is 0.0696. The first-order valence-corrected chi connectivity index (χ1v) is 7.28. The first-order valence-electron chi connectivity index (χ1n) is 7.28. The van der Waals surface area contributed by atoms with Crippen molar-refractivity contribution in [3.8, 4) is 0 Å². The fraction of sp³-hybridized carbons (Fsp3) is 0.278. The minimum atomic E-state index is -0.875. The molecule has 3 rings (SSSR count). The van der Waals surface area contributed by atoms with Crippen LogP contribution in [0.4, 0.5) is 0 Å². The standard InChI is InChI=1S/C18H19NO2/c20-17(21)15-6-4-5-14(11-15)12-19-13-18(9-10-18)16-7-2-1-3-8-16/h1-8,11,19H,9-10,12-13H2,(H,20,21). The van der Waals surface area contributed by atoms with Crippen LogP contribution in [0.25, 0.3) is 0 Å². The third-order valence-corrected chi connectivity index (χ3v) is 4.21. The minimum absolute atomic E-state index is 0.283. The zero-order valence-corrected chi connectivity index (χ0v) is 11.9. The molecule has 0 amide bonds. The molecule has 0 spiro atoms. The Labute approximate surface area is 124 Å². The molecule has 1 aliphatic carbocycles. The molecular formula is C18H19NO2. The van der Waals surface area contributed by atoms with E-state index in [9.17, 15) is 4.79 Å². The van der Waals surface area contributed by atoms with Crippen molar-refractivity contribution in [2.75, 3.05) is 6.54 Å². The van der Waals surface area contributed by atoms with Gasteiger partial charge >= 0.3 is 5.97 Å². The van der Waals surface area contributed by atoms with Gasteiger partial charge in [-0.1, -0.05) is 42.5 Å². The Morgan fingerprint density at radius 1 is 1.10 bits per heavy atom. The van der Waals surface area contributed by atoms with E-state index in [0.29, 0.717) is 12.1 Å². The molecule has 21 heavy (non-hydrogen) atoms. The molecule has 1 fully saturated rings. The molecule has 0 bridgehead atoms. The lowest BCUT2D eigenvalue weighted by Gasteiger charge is -2.16. The van der Waals surface area contributed by atoms with Crippen LogP contribution in [0.1, 0.15) is 34.3 Å². The lowest BCUT2D eigenvalue weighted by atomic mass is 9.96. The number of rotatable bonds is 6. The smallest absolute Gasteiger partial charge is 0.335 e. The second kappa shape index (κ2) is 5.70. The van der Waals surface area contributed by atoms with Crippen molar-refractivity contribution in [3.05, 3.63) is 71.3 Å². The van der Waals surface area contributed by atoms with Crippen molar-refractivity contribution in [3.63, 3.8) is 0 Å². The zero-order valence-electron chi connectivity index (χ0n) is 11.9. The summed E-state index contributed by atoms with van der Waals surface area (Å²) < 4.78 is 0. The van der Waals surface area contributed by atoms with Crippen molar-refractivity contribution in [1.29, 1.82) is 0 Å². The van der Waals surface area contributed by atoms with E-state index in [4.69, 9.17) is 5.11 Å². The Kier molecular flexibility index (Phi) is 3.76. The summed E-state index contributed by atoms with van der Waals surface area (Å²) in [6.07, 6.45) is 2.44. The topological polar surface area (TPSA) is 49.3 Å². The highest BCUT2D eigenvalue weighted by molar-refractivity contribution is 5.87. The molecule has 0 atom stereocenters. The van der Waals surface area contributed by atoms with E-state index >= 15 is 0 Å². The number of carboxylic acids is 1. The van der Waals surface area contributed by atoms with Crippen molar-refractivity contribution in [2.45, 2.75) is 24.8 Å². The Morgan fingerprint density at radius 2 is 1.86 bits per heavy atom. The van der Waals surface area contributed by atoms with Gasteiger partial charge in [-0.3, -0.25) is 0 Å².